The van der Waals surface area contributed by atoms with Gasteiger partial charge in [0.15, 0.2) is 0 Å². The highest BCUT2D eigenvalue weighted by Gasteiger charge is 2.27. The molecule has 1 aliphatic carbocycles. The number of amides is 2. The number of urea groups is 1. The molecule has 0 heterocycles. The minimum absolute atomic E-state index is 0.134. The number of carboxylic acid groups (broad SMARTS) is 1. The molecule has 2 atom stereocenters. The van der Waals surface area contributed by atoms with Gasteiger partial charge in [0.2, 0.25) is 0 Å². The maximum Gasteiger partial charge on any atom is 0.319 e. The summed E-state index contributed by atoms with van der Waals surface area (Å²) in [7, 11) is 0. The van der Waals surface area contributed by atoms with E-state index in [1.165, 1.54) is 24.3 Å². The Balaban J connectivity index is 1.85. The maximum atomic E-state index is 12.7. The number of halogens is 1. The predicted molar refractivity (Wildman–Crippen MR) is 71.9 cm³/mol. The first-order valence-corrected chi connectivity index (χ1v) is 6.60. The first-order valence-electron chi connectivity index (χ1n) is 6.60. The first kappa shape index (κ1) is 14.3. The lowest BCUT2D eigenvalue weighted by Gasteiger charge is -2.27. The largest absolute Gasteiger partial charge is 0.481 e. The van der Waals surface area contributed by atoms with Crippen LogP contribution in [0.5, 0.6) is 0 Å². The van der Waals surface area contributed by atoms with E-state index in [0.29, 0.717) is 18.5 Å². The highest BCUT2D eigenvalue weighted by molar-refractivity contribution is 5.89. The van der Waals surface area contributed by atoms with Crippen molar-refractivity contribution >= 4 is 17.7 Å². The van der Waals surface area contributed by atoms with Gasteiger partial charge in [0, 0.05) is 11.7 Å². The molecule has 0 spiro atoms. The molecule has 2 rings (SSSR count). The summed E-state index contributed by atoms with van der Waals surface area (Å²) < 4.78 is 12.7. The molecule has 2 unspecified atom stereocenters. The Labute approximate surface area is 116 Å². The number of anilines is 1. The Kier molecular flexibility index (Phi) is 4.55. The highest BCUT2D eigenvalue weighted by Crippen LogP contribution is 2.24. The SMILES string of the molecule is O=C(Nc1ccc(F)cc1)NC1CCCC(C(=O)O)C1. The van der Waals surface area contributed by atoms with Crippen LogP contribution in [0.3, 0.4) is 0 Å². The molecule has 1 fully saturated rings. The average Bonchev–Trinajstić information content (AvgIpc) is 2.41. The van der Waals surface area contributed by atoms with Gasteiger partial charge >= 0.3 is 12.0 Å². The van der Waals surface area contributed by atoms with Crippen molar-refractivity contribution in [3.63, 3.8) is 0 Å². The molecule has 0 radical (unpaired) electrons. The van der Waals surface area contributed by atoms with Crippen molar-refractivity contribution in [1.82, 2.24) is 5.32 Å². The van der Waals surface area contributed by atoms with Crippen molar-refractivity contribution in [2.75, 3.05) is 5.32 Å². The molecule has 2 amide bonds. The van der Waals surface area contributed by atoms with E-state index >= 15 is 0 Å². The second-order valence-corrected chi connectivity index (χ2v) is 5.00. The van der Waals surface area contributed by atoms with Crippen molar-refractivity contribution in [3.05, 3.63) is 30.1 Å². The van der Waals surface area contributed by atoms with Gasteiger partial charge in [0.25, 0.3) is 0 Å². The lowest BCUT2D eigenvalue weighted by atomic mass is 9.86. The number of carbonyl (C=O) groups excluding carboxylic acids is 1. The third kappa shape index (κ3) is 3.94. The molecule has 3 N–H and O–H groups in total. The quantitative estimate of drug-likeness (QED) is 0.796. The summed E-state index contributed by atoms with van der Waals surface area (Å²) in [6, 6.07) is 4.93. The zero-order chi connectivity index (χ0) is 14.5. The predicted octanol–water partition coefficient (Wildman–Crippen LogP) is 2.59. The van der Waals surface area contributed by atoms with Gasteiger partial charge in [-0.1, -0.05) is 6.42 Å². The van der Waals surface area contributed by atoms with Crippen LogP contribution < -0.4 is 10.6 Å². The number of aliphatic carboxylic acids is 1. The minimum Gasteiger partial charge on any atom is -0.481 e. The van der Waals surface area contributed by atoms with E-state index in [4.69, 9.17) is 5.11 Å². The molecule has 0 aliphatic heterocycles. The number of hydrogen-bond donors (Lipinski definition) is 3. The van der Waals surface area contributed by atoms with E-state index in [0.717, 1.165) is 12.8 Å². The van der Waals surface area contributed by atoms with Crippen LogP contribution >= 0.6 is 0 Å². The topological polar surface area (TPSA) is 78.4 Å². The third-order valence-corrected chi connectivity index (χ3v) is 3.46. The average molecular weight is 280 g/mol. The van der Waals surface area contributed by atoms with Crippen LogP contribution in [-0.4, -0.2) is 23.1 Å². The van der Waals surface area contributed by atoms with Gasteiger partial charge in [0.05, 0.1) is 5.92 Å². The van der Waals surface area contributed by atoms with Crippen LogP contribution in [0.15, 0.2) is 24.3 Å². The zero-order valence-corrected chi connectivity index (χ0v) is 10.9. The number of carbonyl (C=O) groups is 2. The van der Waals surface area contributed by atoms with Gasteiger partial charge in [-0.25, -0.2) is 9.18 Å². The van der Waals surface area contributed by atoms with E-state index in [1.807, 2.05) is 0 Å². The van der Waals surface area contributed by atoms with Crippen LogP contribution in [-0.2, 0) is 4.79 Å². The first-order chi connectivity index (χ1) is 9.54. The highest BCUT2D eigenvalue weighted by atomic mass is 19.1. The second-order valence-electron chi connectivity index (χ2n) is 5.00. The van der Waals surface area contributed by atoms with Crippen LogP contribution in [0.1, 0.15) is 25.7 Å². The van der Waals surface area contributed by atoms with Crippen LogP contribution in [0.2, 0.25) is 0 Å². The Morgan fingerprint density at radius 3 is 2.55 bits per heavy atom. The number of carboxylic acids is 1. The monoisotopic (exact) mass is 280 g/mol. The summed E-state index contributed by atoms with van der Waals surface area (Å²) in [5.74, 6) is -1.57. The number of nitrogens with one attached hydrogen (secondary N) is 2. The van der Waals surface area contributed by atoms with E-state index in [9.17, 15) is 14.0 Å². The van der Waals surface area contributed by atoms with Gasteiger partial charge in [-0.15, -0.1) is 0 Å². The molecule has 0 saturated heterocycles. The smallest absolute Gasteiger partial charge is 0.319 e. The van der Waals surface area contributed by atoms with Crippen molar-refractivity contribution in [2.24, 2.45) is 5.92 Å². The van der Waals surface area contributed by atoms with Crippen LogP contribution in [0.4, 0.5) is 14.9 Å². The molecule has 1 aromatic rings. The van der Waals surface area contributed by atoms with Gasteiger partial charge in [-0.3, -0.25) is 4.79 Å². The van der Waals surface area contributed by atoms with E-state index in [2.05, 4.69) is 10.6 Å². The Bertz CT molecular complexity index is 490. The molecule has 1 saturated carbocycles. The van der Waals surface area contributed by atoms with Crippen molar-refractivity contribution in [2.45, 2.75) is 31.7 Å². The second kappa shape index (κ2) is 6.36. The van der Waals surface area contributed by atoms with Gasteiger partial charge in [-0.2, -0.15) is 0 Å². The number of hydrogen-bond acceptors (Lipinski definition) is 2. The van der Waals surface area contributed by atoms with E-state index in [1.54, 1.807) is 0 Å². The molecular formula is C14H17FN2O3. The summed E-state index contributed by atoms with van der Waals surface area (Å²) >= 11 is 0. The minimum atomic E-state index is -0.810. The summed E-state index contributed by atoms with van der Waals surface area (Å²) in [4.78, 5) is 22.7. The van der Waals surface area contributed by atoms with Crippen LogP contribution in [0, 0.1) is 11.7 Å². The molecule has 1 aliphatic rings. The molecule has 20 heavy (non-hydrogen) atoms. The van der Waals surface area contributed by atoms with Gasteiger partial charge in [-0.05, 0) is 43.5 Å². The lowest BCUT2D eigenvalue weighted by Crippen LogP contribution is -2.42. The number of benzene rings is 1. The van der Waals surface area contributed by atoms with E-state index in [-0.39, 0.29) is 17.8 Å². The molecular weight excluding hydrogens is 263 g/mol. The fourth-order valence-electron chi connectivity index (χ4n) is 2.43. The third-order valence-electron chi connectivity index (χ3n) is 3.46. The summed E-state index contributed by atoms with van der Waals surface area (Å²) in [6.45, 7) is 0. The van der Waals surface area contributed by atoms with Crippen molar-refractivity contribution < 1.29 is 19.1 Å². The van der Waals surface area contributed by atoms with Crippen LogP contribution in [0.25, 0.3) is 0 Å². The fraction of sp³-hybridized carbons (Fsp3) is 0.429. The van der Waals surface area contributed by atoms with Crippen molar-refractivity contribution in [3.8, 4) is 0 Å². The lowest BCUT2D eigenvalue weighted by molar-refractivity contribution is -0.143. The van der Waals surface area contributed by atoms with Gasteiger partial charge < -0.3 is 15.7 Å². The standard InChI is InChI=1S/C14H17FN2O3/c15-10-4-6-11(7-5-10)16-14(20)17-12-3-1-2-9(8-12)13(18)19/h4-7,9,12H,1-3,8H2,(H,18,19)(H2,16,17,20). The summed E-state index contributed by atoms with van der Waals surface area (Å²) in [5, 5.41) is 14.3. The van der Waals surface area contributed by atoms with Gasteiger partial charge in [0.1, 0.15) is 5.82 Å². The Morgan fingerprint density at radius 2 is 1.90 bits per heavy atom. The Morgan fingerprint density at radius 1 is 1.20 bits per heavy atom. The van der Waals surface area contributed by atoms with Crippen molar-refractivity contribution in [1.29, 1.82) is 0 Å². The molecule has 0 bridgehead atoms. The normalized spacial score (nSPS) is 22.1. The summed E-state index contributed by atoms with van der Waals surface area (Å²) in [6.07, 6.45) is 2.68. The van der Waals surface area contributed by atoms with E-state index < -0.39 is 12.0 Å². The molecule has 108 valence electrons. The number of rotatable bonds is 3. The molecule has 1 aromatic carbocycles. The molecule has 5 nitrogen and oxygen atoms in total. The molecule has 6 heteroatoms. The molecule has 0 aromatic heterocycles. The fourth-order valence-corrected chi connectivity index (χ4v) is 2.43. The zero-order valence-electron chi connectivity index (χ0n) is 10.9. The summed E-state index contributed by atoms with van der Waals surface area (Å²) in [5.41, 5.74) is 0.495. The Hall–Kier alpha value is -2.11. The maximum absolute atomic E-state index is 12.7.